The van der Waals surface area contributed by atoms with Crippen LogP contribution in [0, 0.1) is 26.0 Å². The maximum Gasteiger partial charge on any atom is 0.216 e. The van der Waals surface area contributed by atoms with Crippen molar-refractivity contribution in [3.63, 3.8) is 0 Å². The van der Waals surface area contributed by atoms with E-state index in [1.165, 1.54) is 21.5 Å². The Labute approximate surface area is 312 Å². The van der Waals surface area contributed by atoms with Gasteiger partial charge in [-0.1, -0.05) is 102 Å². The van der Waals surface area contributed by atoms with Crippen molar-refractivity contribution in [1.82, 2.24) is 19.5 Å². The maximum absolute atomic E-state index is 6.08. The van der Waals surface area contributed by atoms with Gasteiger partial charge in [-0.25, -0.2) is 4.98 Å². The zero-order valence-corrected chi connectivity index (χ0v) is 32.5. The van der Waals surface area contributed by atoms with E-state index >= 15 is 0 Å². The van der Waals surface area contributed by atoms with Gasteiger partial charge in [0, 0.05) is 43.1 Å². The van der Waals surface area contributed by atoms with Crippen LogP contribution >= 0.6 is 0 Å². The first kappa shape index (κ1) is 34.3. The van der Waals surface area contributed by atoms with Crippen molar-refractivity contribution in [2.75, 3.05) is 0 Å². The van der Waals surface area contributed by atoms with E-state index in [-0.39, 0.29) is 20.1 Å². The predicted octanol–water partition coefficient (Wildman–Crippen LogP) is 10.6. The summed E-state index contributed by atoms with van der Waals surface area (Å²) in [6.45, 7) is 11.2. The molecule has 0 amide bonds. The third-order valence-electron chi connectivity index (χ3n) is 9.11. The van der Waals surface area contributed by atoms with E-state index in [1.807, 2.05) is 49.5 Å². The second-order valence-electron chi connectivity index (χ2n) is 13.7. The number of para-hydroxylation sites is 3. The smallest absolute Gasteiger partial charge is 0.216 e. The fraction of sp³-hybridized carbons (Fsp3) is 0.114. The van der Waals surface area contributed by atoms with Crippen LogP contribution in [-0.2, 0) is 20.1 Å². The summed E-state index contributed by atoms with van der Waals surface area (Å²) in [7, 11) is -1.39. The topological polar surface area (TPSA) is 56.7 Å². The SMILES string of the molecule is Cc1ccc2c(n1)oc1c(-c3cc(C)c([Si](C)(C)C)cn3)[c-]ccc12.[Ir].[c-]1cc2ccccc2cc1-c1nc2ccccc2n1-c1ccccc1. The molecular formula is C44H36IrN4OSi-2. The van der Waals surface area contributed by atoms with Gasteiger partial charge < -0.3 is 14.0 Å². The summed E-state index contributed by atoms with van der Waals surface area (Å²) >= 11 is 0. The van der Waals surface area contributed by atoms with E-state index in [9.17, 15) is 0 Å². The largest absolute Gasteiger partial charge is 0.486 e. The van der Waals surface area contributed by atoms with Crippen LogP contribution in [0.15, 0.2) is 132 Å². The van der Waals surface area contributed by atoms with Gasteiger partial charge in [0.05, 0.1) is 30.5 Å². The molecular weight excluding hydrogens is 821 g/mol. The summed E-state index contributed by atoms with van der Waals surface area (Å²) in [4.78, 5) is 14.2. The molecule has 0 saturated carbocycles. The third-order valence-corrected chi connectivity index (χ3v) is 11.2. The normalized spacial score (nSPS) is 11.5. The van der Waals surface area contributed by atoms with Crippen molar-refractivity contribution < 1.29 is 24.5 Å². The molecule has 51 heavy (non-hydrogen) atoms. The molecule has 0 unspecified atom stereocenters. The van der Waals surface area contributed by atoms with Crippen molar-refractivity contribution in [2.24, 2.45) is 0 Å². The Bertz CT molecular complexity index is 2670. The van der Waals surface area contributed by atoms with E-state index < -0.39 is 8.07 Å². The van der Waals surface area contributed by atoms with Gasteiger partial charge in [-0.2, -0.15) is 0 Å². The first-order chi connectivity index (χ1) is 24.2. The van der Waals surface area contributed by atoms with Gasteiger partial charge in [0.15, 0.2) is 0 Å². The summed E-state index contributed by atoms with van der Waals surface area (Å²) in [6.07, 6.45) is 2.04. The Morgan fingerprint density at radius 1 is 0.725 bits per heavy atom. The molecule has 4 aromatic heterocycles. The van der Waals surface area contributed by atoms with Crippen molar-refractivity contribution in [1.29, 1.82) is 0 Å². The molecule has 5 aromatic carbocycles. The molecule has 9 rings (SSSR count). The first-order valence-corrected chi connectivity index (χ1v) is 20.4. The quantitative estimate of drug-likeness (QED) is 0.131. The predicted molar refractivity (Wildman–Crippen MR) is 209 cm³/mol. The number of hydrogen-bond donors (Lipinski definition) is 0. The van der Waals surface area contributed by atoms with Gasteiger partial charge in [0.25, 0.3) is 0 Å². The maximum atomic E-state index is 6.08. The number of nitrogens with zero attached hydrogens (tertiary/aromatic N) is 4. The zero-order chi connectivity index (χ0) is 34.4. The molecule has 7 heteroatoms. The number of furan rings is 1. The van der Waals surface area contributed by atoms with Crippen LogP contribution in [0.3, 0.4) is 0 Å². The van der Waals surface area contributed by atoms with E-state index in [1.54, 1.807) is 0 Å². The number of rotatable bonds is 4. The average molecular weight is 857 g/mol. The molecule has 9 aromatic rings. The fourth-order valence-electron chi connectivity index (χ4n) is 6.68. The van der Waals surface area contributed by atoms with Gasteiger partial charge in [0.1, 0.15) is 0 Å². The second kappa shape index (κ2) is 13.8. The van der Waals surface area contributed by atoms with Crippen LogP contribution in [0.1, 0.15) is 11.3 Å². The molecule has 0 aliphatic carbocycles. The van der Waals surface area contributed by atoms with Crippen molar-refractivity contribution in [3.8, 4) is 28.3 Å². The van der Waals surface area contributed by atoms with Crippen LogP contribution < -0.4 is 5.19 Å². The molecule has 0 N–H and O–H groups in total. The van der Waals surface area contributed by atoms with Crippen molar-refractivity contribution in [3.05, 3.63) is 151 Å². The van der Waals surface area contributed by atoms with Gasteiger partial charge in [-0.15, -0.1) is 47.3 Å². The molecule has 0 saturated heterocycles. The van der Waals surface area contributed by atoms with Crippen LogP contribution in [0.4, 0.5) is 0 Å². The summed E-state index contributed by atoms with van der Waals surface area (Å²) in [6, 6.07) is 48.1. The van der Waals surface area contributed by atoms with E-state index in [4.69, 9.17) is 14.4 Å². The summed E-state index contributed by atoms with van der Waals surface area (Å²) in [5.41, 5.74) is 9.72. The minimum absolute atomic E-state index is 0. The van der Waals surface area contributed by atoms with Crippen LogP contribution in [-0.4, -0.2) is 27.6 Å². The molecule has 1 radical (unpaired) electrons. The van der Waals surface area contributed by atoms with Gasteiger partial charge >= 0.3 is 0 Å². The Morgan fingerprint density at radius 2 is 1.47 bits per heavy atom. The van der Waals surface area contributed by atoms with E-state index in [0.29, 0.717) is 5.71 Å². The molecule has 0 bridgehead atoms. The van der Waals surface area contributed by atoms with Crippen LogP contribution in [0.25, 0.3) is 72.2 Å². The van der Waals surface area contributed by atoms with Crippen LogP contribution in [0.2, 0.25) is 19.6 Å². The number of pyridine rings is 2. The summed E-state index contributed by atoms with van der Waals surface area (Å²) in [5, 5.41) is 5.87. The molecule has 4 heterocycles. The standard InChI is InChI=1S/C23H15N2.C21H21N2OSi.Ir/c1-2-10-20(11-3-1)25-22-13-7-6-12-21(22)24-23(25)19-15-14-17-8-4-5-9-18(17)16-19;1-13-11-18(22-12-19(13)25(3,4)5)17-8-6-7-15-16-10-9-14(2)23-21(16)24-20(15)17;/h1-14,16H;6-7,9-12H,1-5H3;/q2*-1;. The van der Waals surface area contributed by atoms with Gasteiger partial charge in [0.2, 0.25) is 5.71 Å². The zero-order valence-electron chi connectivity index (χ0n) is 29.2. The Kier molecular flexibility index (Phi) is 9.30. The number of benzene rings is 5. The minimum atomic E-state index is -1.39. The molecule has 0 fully saturated rings. The number of fused-ring (bicyclic) bond motifs is 5. The second-order valence-corrected chi connectivity index (χ2v) is 18.7. The molecule has 0 atom stereocenters. The van der Waals surface area contributed by atoms with Gasteiger partial charge in [-0.3, -0.25) is 4.98 Å². The Morgan fingerprint density at radius 3 is 2.25 bits per heavy atom. The minimum Gasteiger partial charge on any atom is -0.486 e. The number of aryl methyl sites for hydroxylation is 2. The monoisotopic (exact) mass is 857 g/mol. The molecule has 0 spiro atoms. The van der Waals surface area contributed by atoms with E-state index in [2.05, 4.69) is 133 Å². The fourth-order valence-corrected chi connectivity index (χ4v) is 8.39. The van der Waals surface area contributed by atoms with Gasteiger partial charge in [-0.05, 0) is 61.1 Å². The molecule has 0 aliphatic heterocycles. The van der Waals surface area contributed by atoms with Crippen molar-refractivity contribution in [2.45, 2.75) is 33.5 Å². The molecule has 5 nitrogen and oxygen atoms in total. The average Bonchev–Trinajstić information content (AvgIpc) is 3.70. The molecule has 0 aliphatic rings. The third kappa shape index (κ3) is 6.56. The Balaban J connectivity index is 0.000000156. The number of aromatic nitrogens is 4. The first-order valence-electron chi connectivity index (χ1n) is 16.9. The van der Waals surface area contributed by atoms with Crippen LogP contribution in [0.5, 0.6) is 0 Å². The van der Waals surface area contributed by atoms with E-state index in [0.717, 1.165) is 61.4 Å². The number of imidazole rings is 1. The van der Waals surface area contributed by atoms with Crippen molar-refractivity contribution >= 4 is 57.1 Å². The Hall–Kier alpha value is -5.20. The summed E-state index contributed by atoms with van der Waals surface area (Å²) in [5.74, 6) is 0.915. The molecule has 253 valence electrons. The number of hydrogen-bond acceptors (Lipinski definition) is 4. The summed E-state index contributed by atoms with van der Waals surface area (Å²) < 4.78 is 8.29.